The molecular formula is C26H37N7O2. The Morgan fingerprint density at radius 1 is 1.11 bits per heavy atom. The maximum atomic E-state index is 12.9. The number of rotatable bonds is 8. The maximum absolute atomic E-state index is 12.9. The van der Waals surface area contributed by atoms with Gasteiger partial charge in [-0.05, 0) is 44.5 Å². The first-order valence-electron chi connectivity index (χ1n) is 12.5. The van der Waals surface area contributed by atoms with Gasteiger partial charge in [-0.3, -0.25) is 14.5 Å². The van der Waals surface area contributed by atoms with E-state index in [0.717, 1.165) is 52.0 Å². The van der Waals surface area contributed by atoms with E-state index in [4.69, 9.17) is 0 Å². The molecule has 35 heavy (non-hydrogen) atoms. The third kappa shape index (κ3) is 6.76. The summed E-state index contributed by atoms with van der Waals surface area (Å²) < 4.78 is 0. The van der Waals surface area contributed by atoms with Crippen LogP contribution in [0.4, 0.5) is 5.82 Å². The molecule has 0 aliphatic carbocycles. The lowest BCUT2D eigenvalue weighted by Gasteiger charge is -2.34. The second-order valence-corrected chi connectivity index (χ2v) is 9.79. The van der Waals surface area contributed by atoms with E-state index < -0.39 is 0 Å². The molecule has 3 heterocycles. The first-order chi connectivity index (χ1) is 16.9. The van der Waals surface area contributed by atoms with Crippen molar-refractivity contribution in [3.63, 3.8) is 0 Å². The zero-order valence-corrected chi connectivity index (χ0v) is 21.0. The Hall–Kier alpha value is -3.04. The van der Waals surface area contributed by atoms with Gasteiger partial charge in [0.25, 0.3) is 5.91 Å². The van der Waals surface area contributed by atoms with Gasteiger partial charge in [-0.25, -0.2) is 9.97 Å². The first kappa shape index (κ1) is 25.1. The van der Waals surface area contributed by atoms with Crippen molar-refractivity contribution in [1.82, 2.24) is 30.0 Å². The van der Waals surface area contributed by atoms with Gasteiger partial charge in [0.15, 0.2) is 0 Å². The average Bonchev–Trinajstić information content (AvgIpc) is 2.86. The Morgan fingerprint density at radius 3 is 2.57 bits per heavy atom. The Bertz CT molecular complexity index is 1020. The number of amides is 2. The van der Waals surface area contributed by atoms with Crippen LogP contribution in [0.1, 0.15) is 41.4 Å². The van der Waals surface area contributed by atoms with Crippen molar-refractivity contribution in [2.75, 3.05) is 52.1 Å². The van der Waals surface area contributed by atoms with Crippen molar-refractivity contribution in [2.45, 2.75) is 44.8 Å². The molecule has 2 aromatic rings. The van der Waals surface area contributed by atoms with Crippen LogP contribution in [0.25, 0.3) is 0 Å². The zero-order chi connectivity index (χ0) is 24.8. The van der Waals surface area contributed by atoms with Crippen LogP contribution in [0.3, 0.4) is 0 Å². The molecule has 2 aliphatic rings. The van der Waals surface area contributed by atoms with Gasteiger partial charge >= 0.3 is 0 Å². The van der Waals surface area contributed by atoms with E-state index in [1.165, 1.54) is 17.5 Å². The molecule has 9 heteroatoms. The number of benzene rings is 1. The lowest BCUT2D eigenvalue weighted by Crippen LogP contribution is -2.48. The Kier molecular flexibility index (Phi) is 8.30. The number of hydrogen-bond donors (Lipinski definition) is 2. The van der Waals surface area contributed by atoms with Crippen molar-refractivity contribution >= 4 is 17.6 Å². The van der Waals surface area contributed by atoms with Crippen LogP contribution in [0, 0.1) is 0 Å². The van der Waals surface area contributed by atoms with Crippen LogP contribution in [0.15, 0.2) is 36.7 Å². The van der Waals surface area contributed by atoms with Gasteiger partial charge in [0, 0.05) is 64.3 Å². The largest absolute Gasteiger partial charge is 0.367 e. The molecule has 2 amide bonds. The third-order valence-electron chi connectivity index (χ3n) is 7.10. The van der Waals surface area contributed by atoms with Gasteiger partial charge in [-0.15, -0.1) is 0 Å². The summed E-state index contributed by atoms with van der Waals surface area (Å²) in [5.74, 6) is 0.561. The molecule has 0 radical (unpaired) electrons. The molecule has 1 atom stereocenters. The highest BCUT2D eigenvalue weighted by Gasteiger charge is 2.23. The fraction of sp³-hybridized carbons (Fsp3) is 0.538. The SMILES string of the molecule is CC(=O)N1CCC(Nc2cc(C(=O)NC[C@@H](CN3CCc4ccccc4C3)N(C)C)ncn2)CC1. The molecule has 4 rings (SSSR count). The maximum Gasteiger partial charge on any atom is 0.270 e. The molecular weight excluding hydrogens is 442 g/mol. The number of carbonyl (C=O) groups excluding carboxylic acids is 2. The second-order valence-electron chi connectivity index (χ2n) is 9.79. The van der Waals surface area contributed by atoms with Crippen LogP contribution in [-0.2, 0) is 17.8 Å². The van der Waals surface area contributed by atoms with Gasteiger partial charge in [0.05, 0.1) is 0 Å². The topological polar surface area (TPSA) is 93.7 Å². The lowest BCUT2D eigenvalue weighted by molar-refractivity contribution is -0.129. The van der Waals surface area contributed by atoms with Gasteiger partial charge in [0.1, 0.15) is 17.8 Å². The van der Waals surface area contributed by atoms with E-state index in [2.05, 4.69) is 68.8 Å². The smallest absolute Gasteiger partial charge is 0.270 e. The second kappa shape index (κ2) is 11.6. The highest BCUT2D eigenvalue weighted by molar-refractivity contribution is 5.92. The van der Waals surface area contributed by atoms with E-state index in [1.807, 2.05) is 4.90 Å². The summed E-state index contributed by atoms with van der Waals surface area (Å²) in [6.45, 7) is 6.48. The molecule has 2 N–H and O–H groups in total. The van der Waals surface area contributed by atoms with Crippen molar-refractivity contribution in [2.24, 2.45) is 0 Å². The van der Waals surface area contributed by atoms with Crippen LogP contribution >= 0.6 is 0 Å². The van der Waals surface area contributed by atoms with E-state index in [-0.39, 0.29) is 23.9 Å². The summed E-state index contributed by atoms with van der Waals surface area (Å²) in [6, 6.07) is 10.8. The molecule has 9 nitrogen and oxygen atoms in total. The van der Waals surface area contributed by atoms with Crippen molar-refractivity contribution in [3.05, 3.63) is 53.5 Å². The molecule has 188 valence electrons. The number of fused-ring (bicyclic) bond motifs is 1. The quantitative estimate of drug-likeness (QED) is 0.594. The van der Waals surface area contributed by atoms with Gasteiger partial charge in [-0.1, -0.05) is 24.3 Å². The minimum Gasteiger partial charge on any atom is -0.367 e. The van der Waals surface area contributed by atoms with Gasteiger partial charge < -0.3 is 20.4 Å². The number of piperidine rings is 1. The van der Waals surface area contributed by atoms with E-state index >= 15 is 0 Å². The molecule has 1 saturated heterocycles. The standard InChI is InChI=1S/C26H37N7O2/c1-19(34)33-12-9-22(10-13-33)30-25-14-24(28-18-29-25)26(35)27-15-23(31(2)3)17-32-11-8-20-6-4-5-7-21(20)16-32/h4-7,14,18,22-23H,8-13,15-17H2,1-3H3,(H,27,35)(H,28,29,30)/t23-/m0/s1. The van der Waals surface area contributed by atoms with Crippen molar-refractivity contribution < 1.29 is 9.59 Å². The molecule has 1 aromatic carbocycles. The average molecular weight is 480 g/mol. The highest BCUT2D eigenvalue weighted by Crippen LogP contribution is 2.19. The fourth-order valence-corrected chi connectivity index (χ4v) is 4.83. The van der Waals surface area contributed by atoms with Crippen LogP contribution < -0.4 is 10.6 Å². The minimum absolute atomic E-state index is 0.116. The zero-order valence-electron chi connectivity index (χ0n) is 21.0. The number of likely N-dealkylation sites (N-methyl/N-ethyl adjacent to an activating group) is 1. The Morgan fingerprint density at radius 2 is 1.86 bits per heavy atom. The van der Waals surface area contributed by atoms with Crippen molar-refractivity contribution in [1.29, 1.82) is 0 Å². The first-order valence-corrected chi connectivity index (χ1v) is 12.5. The minimum atomic E-state index is -0.197. The molecule has 0 bridgehead atoms. The summed E-state index contributed by atoms with van der Waals surface area (Å²) in [7, 11) is 4.11. The number of aromatic nitrogens is 2. The predicted octanol–water partition coefficient (Wildman–Crippen LogP) is 1.62. The third-order valence-corrected chi connectivity index (χ3v) is 7.10. The van der Waals surface area contributed by atoms with Crippen LogP contribution in [0.2, 0.25) is 0 Å². The molecule has 1 aromatic heterocycles. The Balaban J connectivity index is 1.29. The number of nitrogens with one attached hydrogen (secondary N) is 2. The summed E-state index contributed by atoms with van der Waals surface area (Å²) >= 11 is 0. The molecule has 0 unspecified atom stereocenters. The molecule has 0 spiro atoms. The number of nitrogens with zero attached hydrogens (tertiary/aromatic N) is 5. The number of carbonyl (C=O) groups is 2. The summed E-state index contributed by atoms with van der Waals surface area (Å²) in [5.41, 5.74) is 3.19. The number of hydrogen-bond acceptors (Lipinski definition) is 7. The van der Waals surface area contributed by atoms with Gasteiger partial charge in [-0.2, -0.15) is 0 Å². The summed E-state index contributed by atoms with van der Waals surface area (Å²) in [4.78, 5) is 39.4. The van der Waals surface area contributed by atoms with E-state index in [1.54, 1.807) is 13.0 Å². The summed E-state index contributed by atoms with van der Waals surface area (Å²) in [6.07, 6.45) is 4.21. The summed E-state index contributed by atoms with van der Waals surface area (Å²) in [5, 5.41) is 6.47. The Labute approximate surface area is 207 Å². The fourth-order valence-electron chi connectivity index (χ4n) is 4.83. The van der Waals surface area contributed by atoms with E-state index in [9.17, 15) is 9.59 Å². The normalized spacial score (nSPS) is 17.7. The molecule has 1 fully saturated rings. The van der Waals surface area contributed by atoms with E-state index in [0.29, 0.717) is 18.1 Å². The number of likely N-dealkylation sites (tertiary alicyclic amines) is 1. The van der Waals surface area contributed by atoms with Crippen LogP contribution in [0.5, 0.6) is 0 Å². The van der Waals surface area contributed by atoms with Gasteiger partial charge in [0.2, 0.25) is 5.91 Å². The van der Waals surface area contributed by atoms with Crippen LogP contribution in [-0.4, -0.2) is 95.4 Å². The predicted molar refractivity (Wildman–Crippen MR) is 136 cm³/mol. The monoisotopic (exact) mass is 479 g/mol. The lowest BCUT2D eigenvalue weighted by atomic mass is 9.99. The highest BCUT2D eigenvalue weighted by atomic mass is 16.2. The number of anilines is 1. The molecule has 0 saturated carbocycles. The molecule has 2 aliphatic heterocycles. The van der Waals surface area contributed by atoms with Crippen molar-refractivity contribution in [3.8, 4) is 0 Å².